The largest absolute Gasteiger partial charge is 0.356 e. The van der Waals surface area contributed by atoms with E-state index in [1.54, 1.807) is 6.07 Å². The second kappa shape index (κ2) is 7.20. The third-order valence-electron chi connectivity index (χ3n) is 4.74. The highest BCUT2D eigenvalue weighted by atomic mass is 35.5. The Morgan fingerprint density at radius 2 is 2.23 bits per heavy atom. The van der Waals surface area contributed by atoms with Gasteiger partial charge in [0, 0.05) is 22.5 Å². The van der Waals surface area contributed by atoms with Gasteiger partial charge in [0.05, 0.1) is 0 Å². The molecule has 0 radical (unpaired) electrons. The van der Waals surface area contributed by atoms with Crippen LogP contribution in [0.4, 0.5) is 0 Å². The smallest absolute Gasteiger partial charge is 0.223 e. The van der Waals surface area contributed by atoms with Crippen LogP contribution in [0.3, 0.4) is 0 Å². The summed E-state index contributed by atoms with van der Waals surface area (Å²) in [6.45, 7) is 3.00. The summed E-state index contributed by atoms with van der Waals surface area (Å²) in [5.41, 5.74) is 1.04. The molecule has 3 nitrogen and oxygen atoms in total. The summed E-state index contributed by atoms with van der Waals surface area (Å²) in [6.07, 6.45) is 4.48. The van der Waals surface area contributed by atoms with E-state index in [0.29, 0.717) is 16.0 Å². The van der Waals surface area contributed by atoms with Crippen LogP contribution >= 0.6 is 23.2 Å². The highest BCUT2D eigenvalue weighted by Gasteiger charge is 2.44. The number of halogens is 2. The molecule has 0 aromatic heterocycles. The van der Waals surface area contributed by atoms with Gasteiger partial charge in [0.2, 0.25) is 5.91 Å². The SMILES string of the molecule is O=C(NCCC1CCCNC1)C1CC1c1ccc(Cl)cc1Cl. The average molecular weight is 341 g/mol. The molecule has 0 bridgehead atoms. The maximum atomic E-state index is 12.2. The van der Waals surface area contributed by atoms with Crippen LogP contribution in [0, 0.1) is 11.8 Å². The Hall–Kier alpha value is -0.770. The molecule has 22 heavy (non-hydrogen) atoms. The number of piperidine rings is 1. The standard InChI is InChI=1S/C17H22Cl2N2O/c18-12-3-4-13(16(19)8-12)14-9-15(14)17(22)21-7-5-11-2-1-6-20-10-11/h3-4,8,11,14-15,20H,1-2,5-7,9-10H2,(H,21,22). The first kappa shape index (κ1) is 16.1. The van der Waals surface area contributed by atoms with Gasteiger partial charge in [-0.1, -0.05) is 29.3 Å². The molecule has 3 unspecified atom stereocenters. The fraction of sp³-hybridized carbons (Fsp3) is 0.588. The fourth-order valence-corrected chi connectivity index (χ4v) is 3.88. The summed E-state index contributed by atoms with van der Waals surface area (Å²) in [5.74, 6) is 1.19. The zero-order chi connectivity index (χ0) is 15.5. The fourth-order valence-electron chi connectivity index (χ4n) is 3.33. The minimum absolute atomic E-state index is 0.0724. The normalized spacial score (nSPS) is 27.5. The van der Waals surface area contributed by atoms with Crippen molar-refractivity contribution in [3.05, 3.63) is 33.8 Å². The molecule has 0 spiro atoms. The molecule has 1 saturated heterocycles. The van der Waals surface area contributed by atoms with Gasteiger partial charge >= 0.3 is 0 Å². The predicted molar refractivity (Wildman–Crippen MR) is 90.5 cm³/mol. The van der Waals surface area contributed by atoms with Crippen molar-refractivity contribution in [1.82, 2.24) is 10.6 Å². The van der Waals surface area contributed by atoms with Gasteiger partial charge in [-0.25, -0.2) is 0 Å². The number of benzene rings is 1. The molecule has 3 rings (SSSR count). The van der Waals surface area contributed by atoms with Crippen LogP contribution < -0.4 is 10.6 Å². The number of carbonyl (C=O) groups is 1. The van der Waals surface area contributed by atoms with E-state index in [-0.39, 0.29) is 17.7 Å². The van der Waals surface area contributed by atoms with Gasteiger partial charge in [-0.05, 0) is 68.3 Å². The lowest BCUT2D eigenvalue weighted by atomic mass is 9.96. The quantitative estimate of drug-likeness (QED) is 0.859. The van der Waals surface area contributed by atoms with Crippen molar-refractivity contribution in [2.45, 2.75) is 31.6 Å². The maximum Gasteiger partial charge on any atom is 0.223 e. The summed E-state index contributed by atoms with van der Waals surface area (Å²) in [6, 6.07) is 5.53. The topological polar surface area (TPSA) is 41.1 Å². The first-order chi connectivity index (χ1) is 10.6. The van der Waals surface area contributed by atoms with Crippen LogP contribution in [0.1, 0.15) is 37.2 Å². The van der Waals surface area contributed by atoms with Crippen molar-refractivity contribution in [3.8, 4) is 0 Å². The molecule has 3 atom stereocenters. The Balaban J connectivity index is 1.44. The average Bonchev–Trinajstić information content (AvgIpc) is 3.28. The van der Waals surface area contributed by atoms with Crippen LogP contribution in [-0.4, -0.2) is 25.5 Å². The molecule has 120 valence electrons. The van der Waals surface area contributed by atoms with E-state index in [4.69, 9.17) is 23.2 Å². The molecule has 2 fully saturated rings. The molecule has 1 aliphatic heterocycles. The van der Waals surface area contributed by atoms with Gasteiger partial charge in [-0.15, -0.1) is 0 Å². The Morgan fingerprint density at radius 1 is 1.36 bits per heavy atom. The molecule has 1 aromatic carbocycles. The highest BCUT2D eigenvalue weighted by Crippen LogP contribution is 2.50. The number of carbonyl (C=O) groups excluding carboxylic acids is 1. The van der Waals surface area contributed by atoms with E-state index >= 15 is 0 Å². The molecule has 5 heteroatoms. The molecular weight excluding hydrogens is 319 g/mol. The second-order valence-electron chi connectivity index (χ2n) is 6.41. The molecule has 1 amide bonds. The minimum Gasteiger partial charge on any atom is -0.356 e. The third-order valence-corrected chi connectivity index (χ3v) is 5.30. The predicted octanol–water partition coefficient (Wildman–Crippen LogP) is 3.60. The Labute approximate surface area is 141 Å². The minimum atomic E-state index is 0.0724. The zero-order valence-corrected chi connectivity index (χ0v) is 14.1. The molecule has 1 saturated carbocycles. The molecule has 2 N–H and O–H groups in total. The van der Waals surface area contributed by atoms with E-state index in [0.717, 1.165) is 38.0 Å². The van der Waals surface area contributed by atoms with Crippen LogP contribution in [0.15, 0.2) is 18.2 Å². The van der Waals surface area contributed by atoms with E-state index in [1.165, 1.54) is 12.8 Å². The first-order valence-corrected chi connectivity index (χ1v) is 8.84. The van der Waals surface area contributed by atoms with E-state index < -0.39 is 0 Å². The van der Waals surface area contributed by atoms with Crippen molar-refractivity contribution in [3.63, 3.8) is 0 Å². The van der Waals surface area contributed by atoms with E-state index in [2.05, 4.69) is 10.6 Å². The first-order valence-electron chi connectivity index (χ1n) is 8.08. The Morgan fingerprint density at radius 3 is 2.95 bits per heavy atom. The number of amides is 1. The van der Waals surface area contributed by atoms with Crippen LogP contribution in [-0.2, 0) is 4.79 Å². The highest BCUT2D eigenvalue weighted by molar-refractivity contribution is 6.35. The number of hydrogen-bond acceptors (Lipinski definition) is 2. The Bertz CT molecular complexity index is 543. The van der Waals surface area contributed by atoms with Crippen molar-refractivity contribution in [1.29, 1.82) is 0 Å². The van der Waals surface area contributed by atoms with Gasteiger partial charge < -0.3 is 10.6 Å². The van der Waals surface area contributed by atoms with Crippen LogP contribution in [0.2, 0.25) is 10.0 Å². The van der Waals surface area contributed by atoms with Crippen LogP contribution in [0.5, 0.6) is 0 Å². The van der Waals surface area contributed by atoms with Gasteiger partial charge in [0.15, 0.2) is 0 Å². The third kappa shape index (κ3) is 3.95. The zero-order valence-electron chi connectivity index (χ0n) is 12.6. The monoisotopic (exact) mass is 340 g/mol. The molecular formula is C17H22Cl2N2O. The molecule has 1 aliphatic carbocycles. The summed E-state index contributed by atoms with van der Waals surface area (Å²) >= 11 is 12.1. The lowest BCUT2D eigenvalue weighted by Crippen LogP contribution is -2.33. The van der Waals surface area contributed by atoms with Crippen molar-refractivity contribution in [2.75, 3.05) is 19.6 Å². The van der Waals surface area contributed by atoms with Crippen molar-refractivity contribution < 1.29 is 4.79 Å². The molecule has 2 aliphatic rings. The number of rotatable bonds is 5. The molecule has 1 heterocycles. The van der Waals surface area contributed by atoms with E-state index in [1.807, 2.05) is 12.1 Å². The Kier molecular flexibility index (Phi) is 5.27. The van der Waals surface area contributed by atoms with E-state index in [9.17, 15) is 4.79 Å². The van der Waals surface area contributed by atoms with Gasteiger partial charge in [0.25, 0.3) is 0 Å². The summed E-state index contributed by atoms with van der Waals surface area (Å²) < 4.78 is 0. The lowest BCUT2D eigenvalue weighted by molar-refractivity contribution is -0.122. The van der Waals surface area contributed by atoms with Crippen molar-refractivity contribution >= 4 is 29.1 Å². The lowest BCUT2D eigenvalue weighted by Gasteiger charge is -2.22. The van der Waals surface area contributed by atoms with Gasteiger partial charge in [0.1, 0.15) is 0 Å². The summed E-state index contributed by atoms with van der Waals surface area (Å²) in [5, 5.41) is 7.80. The van der Waals surface area contributed by atoms with Crippen LogP contribution in [0.25, 0.3) is 0 Å². The molecule has 1 aromatic rings. The summed E-state index contributed by atoms with van der Waals surface area (Å²) in [4.78, 5) is 12.2. The maximum absolute atomic E-state index is 12.2. The van der Waals surface area contributed by atoms with Gasteiger partial charge in [-0.3, -0.25) is 4.79 Å². The second-order valence-corrected chi connectivity index (χ2v) is 7.25. The van der Waals surface area contributed by atoms with Gasteiger partial charge in [-0.2, -0.15) is 0 Å². The number of hydrogen-bond donors (Lipinski definition) is 2. The summed E-state index contributed by atoms with van der Waals surface area (Å²) in [7, 11) is 0. The number of nitrogens with one attached hydrogen (secondary N) is 2. The van der Waals surface area contributed by atoms with Crippen molar-refractivity contribution in [2.24, 2.45) is 11.8 Å².